The number of carbonyl (C=O) groups excluding carboxylic acids is 1. The number of anilines is 4. The van der Waals surface area contributed by atoms with E-state index < -0.39 is 0 Å². The lowest BCUT2D eigenvalue weighted by molar-refractivity contribution is 0.102. The summed E-state index contributed by atoms with van der Waals surface area (Å²) in [4.78, 5) is 32.3. The number of aromatic nitrogens is 5. The average Bonchev–Trinajstić information content (AvgIpc) is 3.64. The second-order valence-electron chi connectivity index (χ2n) is 12.0. The minimum Gasteiger partial charge on any atom is -0.369 e. The first-order valence-electron chi connectivity index (χ1n) is 15.6. The number of fused-ring (bicyclic) bond motifs is 2. The number of amides is 1. The Morgan fingerprint density at radius 1 is 0.957 bits per heavy atom. The average molecular weight is 632 g/mol. The molecule has 1 aliphatic rings. The van der Waals surface area contributed by atoms with Gasteiger partial charge in [0.25, 0.3) is 5.91 Å². The molecule has 0 spiro atoms. The molecule has 0 radical (unpaired) electrons. The Hall–Kier alpha value is -4.87. The Labute approximate surface area is 272 Å². The predicted molar refractivity (Wildman–Crippen MR) is 187 cm³/mol. The van der Waals surface area contributed by atoms with Crippen molar-refractivity contribution in [2.24, 2.45) is 0 Å². The highest BCUT2D eigenvalue weighted by molar-refractivity contribution is 7.18. The summed E-state index contributed by atoms with van der Waals surface area (Å²) >= 11 is 1.46. The first-order chi connectivity index (χ1) is 22.3. The molecule has 10 nitrogen and oxygen atoms in total. The van der Waals surface area contributed by atoms with Crippen LogP contribution in [0.25, 0.3) is 21.1 Å². The van der Waals surface area contributed by atoms with Gasteiger partial charge in [-0.25, -0.2) is 9.97 Å². The zero-order valence-corrected chi connectivity index (χ0v) is 27.3. The highest BCUT2D eigenvalue weighted by Crippen LogP contribution is 2.33. The molecule has 0 saturated carbocycles. The van der Waals surface area contributed by atoms with Crippen molar-refractivity contribution in [3.8, 4) is 0 Å². The van der Waals surface area contributed by atoms with Crippen LogP contribution in [-0.2, 0) is 6.54 Å². The molecule has 1 aliphatic heterocycles. The van der Waals surface area contributed by atoms with Gasteiger partial charge in [0, 0.05) is 60.1 Å². The van der Waals surface area contributed by atoms with E-state index in [9.17, 15) is 4.79 Å². The van der Waals surface area contributed by atoms with E-state index in [-0.39, 0.29) is 5.91 Å². The number of rotatable bonds is 8. The summed E-state index contributed by atoms with van der Waals surface area (Å²) in [5, 5.41) is 14.1. The standard InChI is InChI=1S/C35H37N9OS/c1-22(2)42-15-17-43(18-16-42)27-13-11-25(12-14-27)39-34-33-32(36-21-37-34)28(20-46-33)35(45)40-29-9-6-10-30-31(29)24(4)41-44(30)19-26-8-5-7-23(3)38-26/h5-14,20-22H,15-19H2,1-4H3,(H,40,45)(H,36,37,39). The zero-order valence-electron chi connectivity index (χ0n) is 26.5. The van der Waals surface area contributed by atoms with Gasteiger partial charge in [0.1, 0.15) is 6.33 Å². The van der Waals surface area contributed by atoms with E-state index in [0.29, 0.717) is 35.2 Å². The molecule has 2 N–H and O–H groups in total. The maximum atomic E-state index is 13.7. The number of carbonyl (C=O) groups is 1. The van der Waals surface area contributed by atoms with Crippen molar-refractivity contribution in [2.75, 3.05) is 41.7 Å². The van der Waals surface area contributed by atoms with Crippen molar-refractivity contribution in [1.29, 1.82) is 0 Å². The minimum atomic E-state index is -0.224. The minimum absolute atomic E-state index is 0.224. The topological polar surface area (TPSA) is 104 Å². The maximum absolute atomic E-state index is 13.7. The van der Waals surface area contributed by atoms with Crippen molar-refractivity contribution in [3.05, 3.63) is 95.0 Å². The van der Waals surface area contributed by atoms with Gasteiger partial charge in [0.05, 0.1) is 44.9 Å². The van der Waals surface area contributed by atoms with E-state index in [2.05, 4.69) is 73.5 Å². The lowest BCUT2D eigenvalue weighted by Gasteiger charge is -2.38. The number of pyridine rings is 1. The maximum Gasteiger partial charge on any atom is 0.258 e. The third kappa shape index (κ3) is 5.91. The molecule has 0 aliphatic carbocycles. The van der Waals surface area contributed by atoms with Crippen LogP contribution in [0.4, 0.5) is 22.9 Å². The number of aryl methyl sites for hydroxylation is 2. The molecule has 0 atom stereocenters. The van der Waals surface area contributed by atoms with Crippen molar-refractivity contribution in [1.82, 2.24) is 29.6 Å². The normalized spacial score (nSPS) is 14.0. The number of nitrogens with one attached hydrogen (secondary N) is 2. The van der Waals surface area contributed by atoms with Crippen LogP contribution in [0.3, 0.4) is 0 Å². The van der Waals surface area contributed by atoms with E-state index in [1.54, 1.807) is 0 Å². The molecule has 11 heteroatoms. The van der Waals surface area contributed by atoms with E-state index in [1.165, 1.54) is 23.4 Å². The van der Waals surface area contributed by atoms with Gasteiger partial charge < -0.3 is 15.5 Å². The molecule has 4 aromatic heterocycles. The zero-order chi connectivity index (χ0) is 31.8. The summed E-state index contributed by atoms with van der Waals surface area (Å²) in [5.74, 6) is 0.453. The fourth-order valence-electron chi connectivity index (χ4n) is 6.17. The van der Waals surface area contributed by atoms with Crippen molar-refractivity contribution < 1.29 is 4.79 Å². The van der Waals surface area contributed by atoms with Crippen molar-refractivity contribution in [2.45, 2.75) is 40.3 Å². The Kier molecular flexibility index (Phi) is 8.10. The van der Waals surface area contributed by atoms with E-state index in [1.807, 2.05) is 60.3 Å². The van der Waals surface area contributed by atoms with E-state index >= 15 is 0 Å². The molecule has 46 heavy (non-hydrogen) atoms. The quantitative estimate of drug-likeness (QED) is 0.193. The summed E-state index contributed by atoms with van der Waals surface area (Å²) in [6, 6.07) is 20.9. The highest BCUT2D eigenvalue weighted by atomic mass is 32.1. The van der Waals surface area contributed by atoms with Gasteiger partial charge in [-0.15, -0.1) is 11.3 Å². The molecule has 2 aromatic carbocycles. The number of hydrogen-bond acceptors (Lipinski definition) is 9. The predicted octanol–water partition coefficient (Wildman–Crippen LogP) is 6.63. The van der Waals surface area contributed by atoms with Crippen molar-refractivity contribution in [3.63, 3.8) is 0 Å². The first kappa shape index (κ1) is 29.8. The number of piperazine rings is 1. The van der Waals surface area contributed by atoms with Crippen molar-refractivity contribution >= 4 is 61.2 Å². The number of benzene rings is 2. The monoisotopic (exact) mass is 631 g/mol. The van der Waals surface area contributed by atoms with Crippen LogP contribution in [0.5, 0.6) is 0 Å². The van der Waals surface area contributed by atoms with Crippen LogP contribution in [0, 0.1) is 13.8 Å². The number of hydrogen-bond donors (Lipinski definition) is 2. The van der Waals surface area contributed by atoms with Crippen LogP contribution in [0.15, 0.2) is 72.4 Å². The van der Waals surface area contributed by atoms with Crippen LogP contribution < -0.4 is 15.5 Å². The Bertz CT molecular complexity index is 2020. The van der Waals surface area contributed by atoms with E-state index in [0.717, 1.165) is 64.6 Å². The van der Waals surface area contributed by atoms with Gasteiger partial charge in [-0.1, -0.05) is 12.1 Å². The van der Waals surface area contributed by atoms with Gasteiger partial charge in [-0.3, -0.25) is 19.4 Å². The molecule has 234 valence electrons. The first-order valence-corrected chi connectivity index (χ1v) is 16.5. The van der Waals surface area contributed by atoms with Crippen LogP contribution >= 0.6 is 11.3 Å². The summed E-state index contributed by atoms with van der Waals surface area (Å²) < 4.78 is 2.77. The molecular formula is C35H37N9OS. The van der Waals surface area contributed by atoms with Gasteiger partial charge in [-0.2, -0.15) is 5.10 Å². The SMILES string of the molecule is Cc1cccc(Cn2nc(C)c3c(NC(=O)c4csc5c(Nc6ccc(N7CCN(C(C)C)CC7)cc6)ncnc45)cccc32)n1. The Balaban J connectivity index is 1.08. The fraction of sp³-hybridized carbons (Fsp3) is 0.286. The smallest absolute Gasteiger partial charge is 0.258 e. The Morgan fingerprint density at radius 2 is 1.74 bits per heavy atom. The number of thiophene rings is 1. The van der Waals surface area contributed by atoms with Gasteiger partial charge in [0.15, 0.2) is 5.82 Å². The van der Waals surface area contributed by atoms with Crippen LogP contribution in [-0.4, -0.2) is 67.8 Å². The molecular weight excluding hydrogens is 595 g/mol. The molecule has 5 heterocycles. The summed E-state index contributed by atoms with van der Waals surface area (Å²) in [6.45, 7) is 13.2. The summed E-state index contributed by atoms with van der Waals surface area (Å²) in [7, 11) is 0. The van der Waals surface area contributed by atoms with Gasteiger partial charge in [-0.05, 0) is 76.2 Å². The third-order valence-corrected chi connectivity index (χ3v) is 9.57. The molecule has 0 bridgehead atoms. The molecule has 0 unspecified atom stereocenters. The fourth-order valence-corrected chi connectivity index (χ4v) is 7.11. The second-order valence-corrected chi connectivity index (χ2v) is 12.9. The Morgan fingerprint density at radius 3 is 2.50 bits per heavy atom. The van der Waals surface area contributed by atoms with E-state index in [4.69, 9.17) is 5.10 Å². The highest BCUT2D eigenvalue weighted by Gasteiger charge is 2.21. The molecule has 7 rings (SSSR count). The van der Waals surface area contributed by atoms with Gasteiger partial charge >= 0.3 is 0 Å². The lowest BCUT2D eigenvalue weighted by atomic mass is 10.1. The van der Waals surface area contributed by atoms with Crippen LogP contribution in [0.1, 0.15) is 41.3 Å². The molecule has 1 fully saturated rings. The summed E-state index contributed by atoms with van der Waals surface area (Å²) in [5.41, 5.74) is 7.66. The van der Waals surface area contributed by atoms with Gasteiger partial charge in [0.2, 0.25) is 0 Å². The summed E-state index contributed by atoms with van der Waals surface area (Å²) in [6.07, 6.45) is 1.50. The largest absolute Gasteiger partial charge is 0.369 e. The molecule has 6 aromatic rings. The molecule has 1 saturated heterocycles. The lowest BCUT2D eigenvalue weighted by Crippen LogP contribution is -2.48. The molecule has 1 amide bonds. The number of nitrogens with zero attached hydrogens (tertiary/aromatic N) is 7. The van der Waals surface area contributed by atoms with Crippen LogP contribution in [0.2, 0.25) is 0 Å². The second kappa shape index (κ2) is 12.5. The third-order valence-electron chi connectivity index (χ3n) is 8.60.